The molecular weight excluding hydrogens is 171 g/mol. The van der Waals surface area contributed by atoms with Crippen molar-refractivity contribution < 1.29 is 4.39 Å². The molecule has 0 spiro atoms. The number of rotatable bonds is 2. The molecule has 0 radical (unpaired) electrons. The van der Waals surface area contributed by atoms with Crippen LogP contribution in [0.15, 0.2) is 0 Å². The summed E-state index contributed by atoms with van der Waals surface area (Å²) in [6.45, 7) is 1.89. The van der Waals surface area contributed by atoms with Gasteiger partial charge >= 0.3 is 0 Å². The van der Waals surface area contributed by atoms with Crippen molar-refractivity contribution in [2.45, 2.75) is 24.6 Å². The molecule has 48 valence electrons. The van der Waals surface area contributed by atoms with Gasteiger partial charge in [0, 0.05) is 10.2 Å². The highest BCUT2D eigenvalue weighted by Crippen LogP contribution is 2.54. The maximum atomic E-state index is 12.1. The molecule has 1 aliphatic carbocycles. The van der Waals surface area contributed by atoms with Gasteiger partial charge in [-0.15, -0.1) is 0 Å². The normalized spacial score (nSPS) is 44.6. The highest BCUT2D eigenvalue weighted by atomic mass is 79.9. The van der Waals surface area contributed by atoms with Crippen molar-refractivity contribution in [2.24, 2.45) is 5.41 Å². The van der Waals surface area contributed by atoms with Gasteiger partial charge < -0.3 is 0 Å². The van der Waals surface area contributed by atoms with Gasteiger partial charge in [-0.1, -0.05) is 22.9 Å². The molecular formula is C6H10BrF. The predicted molar refractivity (Wildman–Crippen MR) is 36.0 cm³/mol. The Morgan fingerprint density at radius 2 is 2.38 bits per heavy atom. The van der Waals surface area contributed by atoms with E-state index in [1.165, 1.54) is 0 Å². The van der Waals surface area contributed by atoms with Crippen molar-refractivity contribution in [1.82, 2.24) is 0 Å². The van der Waals surface area contributed by atoms with Crippen LogP contribution in [0.1, 0.15) is 19.8 Å². The van der Waals surface area contributed by atoms with Crippen molar-refractivity contribution in [2.75, 3.05) is 6.67 Å². The zero-order valence-electron chi connectivity index (χ0n) is 4.95. The summed E-state index contributed by atoms with van der Waals surface area (Å²) >= 11 is 3.39. The second-order valence-corrected chi connectivity index (χ2v) is 3.63. The van der Waals surface area contributed by atoms with Crippen molar-refractivity contribution in [3.63, 3.8) is 0 Å². The molecule has 0 heterocycles. The zero-order chi connectivity index (χ0) is 6.20. The van der Waals surface area contributed by atoms with E-state index < -0.39 is 0 Å². The molecule has 0 aliphatic heterocycles. The Hall–Kier alpha value is 0.410. The fraction of sp³-hybridized carbons (Fsp3) is 1.00. The molecule has 0 nitrogen and oxygen atoms in total. The Morgan fingerprint density at radius 3 is 2.38 bits per heavy atom. The van der Waals surface area contributed by atoms with Gasteiger partial charge in [0.25, 0.3) is 0 Å². The number of halogens is 2. The fourth-order valence-electron chi connectivity index (χ4n) is 0.897. The minimum absolute atomic E-state index is 0.0417. The van der Waals surface area contributed by atoms with Crippen LogP contribution in [0.2, 0.25) is 0 Å². The Bertz CT molecular complexity index is 83.0. The first-order valence-corrected chi connectivity index (χ1v) is 3.87. The Labute approximate surface area is 57.6 Å². The van der Waals surface area contributed by atoms with Crippen LogP contribution in [0.5, 0.6) is 0 Å². The first-order chi connectivity index (χ1) is 3.75. The lowest BCUT2D eigenvalue weighted by Gasteiger charge is -2.04. The standard InChI is InChI=1S/C6H10BrF/c1-2-6(4-8)3-5(6)7/h5H,2-4H2,1H3. The Kier molecular flexibility index (Phi) is 1.61. The van der Waals surface area contributed by atoms with E-state index in [9.17, 15) is 4.39 Å². The van der Waals surface area contributed by atoms with Gasteiger partial charge in [0.15, 0.2) is 0 Å². The van der Waals surface area contributed by atoms with Crippen molar-refractivity contribution in [1.29, 1.82) is 0 Å². The molecule has 8 heavy (non-hydrogen) atoms. The lowest BCUT2D eigenvalue weighted by molar-refractivity contribution is 0.336. The maximum absolute atomic E-state index is 12.1. The van der Waals surface area contributed by atoms with Crippen LogP contribution in [0.4, 0.5) is 4.39 Å². The molecule has 0 aromatic rings. The van der Waals surface area contributed by atoms with Crippen LogP contribution in [-0.4, -0.2) is 11.5 Å². The molecule has 0 N–H and O–H groups in total. The van der Waals surface area contributed by atoms with Crippen LogP contribution >= 0.6 is 15.9 Å². The van der Waals surface area contributed by atoms with Gasteiger partial charge in [-0.05, 0) is 12.8 Å². The van der Waals surface area contributed by atoms with Gasteiger partial charge in [0.1, 0.15) is 0 Å². The average molecular weight is 181 g/mol. The quantitative estimate of drug-likeness (QED) is 0.574. The van der Waals surface area contributed by atoms with Crippen LogP contribution < -0.4 is 0 Å². The second kappa shape index (κ2) is 1.98. The monoisotopic (exact) mass is 180 g/mol. The summed E-state index contributed by atoms with van der Waals surface area (Å²) in [6, 6.07) is 0. The first kappa shape index (κ1) is 6.53. The largest absolute Gasteiger partial charge is 0.250 e. The summed E-state index contributed by atoms with van der Waals surface area (Å²) in [6.07, 6.45) is 2.00. The molecule has 2 atom stereocenters. The lowest BCUT2D eigenvalue weighted by Crippen LogP contribution is -2.03. The van der Waals surface area contributed by atoms with Gasteiger partial charge in [0.05, 0.1) is 6.67 Å². The first-order valence-electron chi connectivity index (χ1n) is 2.95. The van der Waals surface area contributed by atoms with Gasteiger partial charge in [0.2, 0.25) is 0 Å². The molecule has 2 unspecified atom stereocenters. The van der Waals surface area contributed by atoms with E-state index >= 15 is 0 Å². The summed E-state index contributed by atoms with van der Waals surface area (Å²) in [7, 11) is 0. The lowest BCUT2D eigenvalue weighted by atomic mass is 10.1. The summed E-state index contributed by atoms with van der Waals surface area (Å²) in [5.41, 5.74) is 0.0417. The predicted octanol–water partition coefficient (Wildman–Crippen LogP) is 2.52. The summed E-state index contributed by atoms with van der Waals surface area (Å²) in [5.74, 6) is 0. The van der Waals surface area contributed by atoms with Crippen molar-refractivity contribution >= 4 is 15.9 Å². The second-order valence-electron chi connectivity index (χ2n) is 2.52. The summed E-state index contributed by atoms with van der Waals surface area (Å²) in [4.78, 5) is 0.463. The third-order valence-electron chi connectivity index (χ3n) is 2.06. The van der Waals surface area contributed by atoms with E-state index in [1.807, 2.05) is 6.92 Å². The van der Waals surface area contributed by atoms with Crippen LogP contribution in [-0.2, 0) is 0 Å². The molecule has 0 aromatic heterocycles. The number of hydrogen-bond acceptors (Lipinski definition) is 0. The average Bonchev–Trinajstić information content (AvgIpc) is 2.43. The molecule has 0 aromatic carbocycles. The highest BCUT2D eigenvalue weighted by Gasteiger charge is 2.51. The van der Waals surface area contributed by atoms with Crippen molar-refractivity contribution in [3.05, 3.63) is 0 Å². The van der Waals surface area contributed by atoms with Crippen molar-refractivity contribution in [3.8, 4) is 0 Å². The number of hydrogen-bond donors (Lipinski definition) is 0. The third kappa shape index (κ3) is 0.790. The van der Waals surface area contributed by atoms with Crippen LogP contribution in [0.3, 0.4) is 0 Å². The van der Waals surface area contributed by atoms with Gasteiger partial charge in [-0.3, -0.25) is 4.39 Å². The molecule has 1 aliphatic rings. The molecule has 0 amide bonds. The van der Waals surface area contributed by atoms with Gasteiger partial charge in [-0.2, -0.15) is 0 Å². The van der Waals surface area contributed by atoms with E-state index in [1.54, 1.807) is 0 Å². The summed E-state index contributed by atoms with van der Waals surface area (Å²) in [5, 5.41) is 0. The van der Waals surface area contributed by atoms with Crippen LogP contribution in [0, 0.1) is 5.41 Å². The van der Waals surface area contributed by atoms with Crippen LogP contribution in [0.25, 0.3) is 0 Å². The number of alkyl halides is 2. The van der Waals surface area contributed by atoms with E-state index in [2.05, 4.69) is 15.9 Å². The molecule has 0 bridgehead atoms. The topological polar surface area (TPSA) is 0 Å². The smallest absolute Gasteiger partial charge is 0.0961 e. The zero-order valence-corrected chi connectivity index (χ0v) is 6.54. The highest BCUT2D eigenvalue weighted by molar-refractivity contribution is 9.09. The van der Waals surface area contributed by atoms with E-state index in [-0.39, 0.29) is 12.1 Å². The molecule has 1 saturated carbocycles. The fourth-order valence-corrected chi connectivity index (χ4v) is 1.99. The molecule has 1 rings (SSSR count). The van der Waals surface area contributed by atoms with E-state index in [4.69, 9.17) is 0 Å². The SMILES string of the molecule is CCC1(CF)CC1Br. The van der Waals surface area contributed by atoms with E-state index in [0.717, 1.165) is 12.8 Å². The van der Waals surface area contributed by atoms with Gasteiger partial charge in [-0.25, -0.2) is 0 Å². The maximum Gasteiger partial charge on any atom is 0.0961 e. The molecule has 1 fully saturated rings. The minimum atomic E-state index is -0.153. The molecule has 0 saturated heterocycles. The Balaban J connectivity index is 2.39. The minimum Gasteiger partial charge on any atom is -0.250 e. The third-order valence-corrected chi connectivity index (χ3v) is 3.36. The molecule has 2 heteroatoms. The summed E-state index contributed by atoms with van der Waals surface area (Å²) < 4.78 is 12.1. The Morgan fingerprint density at radius 1 is 1.88 bits per heavy atom. The van der Waals surface area contributed by atoms with E-state index in [0.29, 0.717) is 4.83 Å².